The summed E-state index contributed by atoms with van der Waals surface area (Å²) < 4.78 is 0. The van der Waals surface area contributed by atoms with Crippen LogP contribution in [0.15, 0.2) is 36.5 Å². The van der Waals surface area contributed by atoms with Crippen LogP contribution in [-0.2, 0) is 6.54 Å². The predicted octanol–water partition coefficient (Wildman–Crippen LogP) is 3.72. The summed E-state index contributed by atoms with van der Waals surface area (Å²) in [4.78, 5) is 6.35. The molecule has 0 aliphatic heterocycles. The lowest BCUT2D eigenvalue weighted by atomic mass is 10.2. The van der Waals surface area contributed by atoms with Gasteiger partial charge in [0.15, 0.2) is 0 Å². The maximum Gasteiger partial charge on any atom is 0.0659 e. The predicted molar refractivity (Wildman–Crippen MR) is 82.1 cm³/mol. The fourth-order valence-electron chi connectivity index (χ4n) is 1.78. The van der Waals surface area contributed by atoms with Crippen molar-refractivity contribution in [2.75, 3.05) is 24.3 Å². The second-order valence-electron chi connectivity index (χ2n) is 4.74. The zero-order valence-electron chi connectivity index (χ0n) is 11.4. The second kappa shape index (κ2) is 5.93. The van der Waals surface area contributed by atoms with Gasteiger partial charge in [-0.2, -0.15) is 0 Å². The number of rotatable bonds is 4. The fraction of sp³-hybridized carbons (Fsp3) is 0.267. The highest BCUT2D eigenvalue weighted by molar-refractivity contribution is 6.33. The first kappa shape index (κ1) is 13.7. The number of hydrogen-bond acceptors (Lipinski definition) is 3. The van der Waals surface area contributed by atoms with Gasteiger partial charge in [0.25, 0.3) is 0 Å². The molecule has 0 saturated heterocycles. The molecule has 0 spiro atoms. The maximum absolute atomic E-state index is 6.23. The quantitative estimate of drug-likeness (QED) is 0.922. The van der Waals surface area contributed by atoms with Crippen LogP contribution in [0.3, 0.4) is 0 Å². The zero-order valence-corrected chi connectivity index (χ0v) is 12.2. The highest BCUT2D eigenvalue weighted by Gasteiger charge is 2.03. The Labute approximate surface area is 119 Å². The number of benzene rings is 1. The highest BCUT2D eigenvalue weighted by Crippen LogP contribution is 2.27. The summed E-state index contributed by atoms with van der Waals surface area (Å²) in [5.41, 5.74) is 4.19. The van der Waals surface area contributed by atoms with Gasteiger partial charge >= 0.3 is 0 Å². The molecule has 3 nitrogen and oxygen atoms in total. The zero-order chi connectivity index (χ0) is 13.8. The van der Waals surface area contributed by atoms with Gasteiger partial charge in [0.05, 0.1) is 22.9 Å². The largest absolute Gasteiger partial charge is 0.379 e. The molecule has 19 heavy (non-hydrogen) atoms. The minimum Gasteiger partial charge on any atom is -0.379 e. The summed E-state index contributed by atoms with van der Waals surface area (Å²) in [6.45, 7) is 2.72. The summed E-state index contributed by atoms with van der Waals surface area (Å²) in [7, 11) is 3.95. The topological polar surface area (TPSA) is 28.2 Å². The van der Waals surface area contributed by atoms with E-state index in [4.69, 9.17) is 11.6 Å². The van der Waals surface area contributed by atoms with Crippen molar-refractivity contribution >= 4 is 23.0 Å². The summed E-state index contributed by atoms with van der Waals surface area (Å²) in [6.07, 6.45) is 1.87. The second-order valence-corrected chi connectivity index (χ2v) is 5.15. The molecule has 2 rings (SSSR count). The van der Waals surface area contributed by atoms with Crippen LogP contribution in [0.4, 0.5) is 11.4 Å². The molecule has 0 unspecified atom stereocenters. The third kappa shape index (κ3) is 3.61. The minimum atomic E-state index is 0.692. The lowest BCUT2D eigenvalue weighted by Crippen LogP contribution is -2.09. The number of nitrogens with zero attached hydrogens (tertiary/aromatic N) is 2. The Balaban J connectivity index is 2.04. The normalized spacial score (nSPS) is 10.3. The van der Waals surface area contributed by atoms with Gasteiger partial charge in [0.1, 0.15) is 0 Å². The average molecular weight is 276 g/mol. The lowest BCUT2D eigenvalue weighted by molar-refractivity contribution is 1.04. The van der Waals surface area contributed by atoms with Crippen molar-refractivity contribution in [1.29, 1.82) is 0 Å². The first-order valence-electron chi connectivity index (χ1n) is 6.18. The summed E-state index contributed by atoms with van der Waals surface area (Å²) in [5.74, 6) is 0. The summed E-state index contributed by atoms with van der Waals surface area (Å²) in [6, 6.07) is 10.1. The van der Waals surface area contributed by atoms with E-state index in [2.05, 4.69) is 16.4 Å². The van der Waals surface area contributed by atoms with Gasteiger partial charge in [-0.3, -0.25) is 4.98 Å². The van der Waals surface area contributed by atoms with Crippen LogP contribution in [0.2, 0.25) is 5.02 Å². The highest BCUT2D eigenvalue weighted by atomic mass is 35.5. The van der Waals surface area contributed by atoms with Gasteiger partial charge in [0, 0.05) is 26.0 Å². The molecule has 1 heterocycles. The monoisotopic (exact) mass is 275 g/mol. The Morgan fingerprint density at radius 1 is 1.21 bits per heavy atom. The van der Waals surface area contributed by atoms with Crippen LogP contribution in [0.5, 0.6) is 0 Å². The van der Waals surface area contributed by atoms with Gasteiger partial charge in [-0.1, -0.05) is 17.7 Å². The van der Waals surface area contributed by atoms with E-state index in [9.17, 15) is 0 Å². The third-order valence-electron chi connectivity index (χ3n) is 2.88. The average Bonchev–Trinajstić information content (AvgIpc) is 2.37. The number of pyridine rings is 1. The van der Waals surface area contributed by atoms with Crippen LogP contribution in [0.1, 0.15) is 11.3 Å². The molecule has 0 aliphatic carbocycles. The molecular formula is C15H18ClN3. The number of hydrogen-bond donors (Lipinski definition) is 1. The van der Waals surface area contributed by atoms with E-state index < -0.39 is 0 Å². The van der Waals surface area contributed by atoms with Crippen LogP contribution >= 0.6 is 11.6 Å². The summed E-state index contributed by atoms with van der Waals surface area (Å²) in [5, 5.41) is 4.06. The Morgan fingerprint density at radius 3 is 2.58 bits per heavy atom. The van der Waals surface area contributed by atoms with Crippen molar-refractivity contribution < 1.29 is 0 Å². The van der Waals surface area contributed by atoms with Crippen molar-refractivity contribution in [3.63, 3.8) is 0 Å². The van der Waals surface area contributed by atoms with Crippen LogP contribution in [-0.4, -0.2) is 19.1 Å². The van der Waals surface area contributed by atoms with E-state index in [1.165, 1.54) is 5.56 Å². The maximum atomic E-state index is 6.23. The van der Waals surface area contributed by atoms with Crippen molar-refractivity contribution in [3.8, 4) is 0 Å². The van der Waals surface area contributed by atoms with Crippen molar-refractivity contribution in [3.05, 3.63) is 52.8 Å². The number of nitrogens with one attached hydrogen (secondary N) is 1. The van der Waals surface area contributed by atoms with E-state index in [-0.39, 0.29) is 0 Å². The van der Waals surface area contributed by atoms with E-state index in [0.29, 0.717) is 6.54 Å². The van der Waals surface area contributed by atoms with Gasteiger partial charge < -0.3 is 10.2 Å². The van der Waals surface area contributed by atoms with Crippen LogP contribution in [0, 0.1) is 6.92 Å². The van der Waals surface area contributed by atoms with Crippen molar-refractivity contribution in [2.24, 2.45) is 0 Å². The Kier molecular flexibility index (Phi) is 4.27. The first-order chi connectivity index (χ1) is 9.06. The number of aryl methyl sites for hydroxylation is 1. The standard InChI is InChI=1S/C15H18ClN3/c1-11-4-5-13(17-9-11)10-18-12-6-7-15(19(2)3)14(16)8-12/h4-9,18H,10H2,1-3H3. The molecule has 4 heteroatoms. The van der Waals surface area contributed by atoms with Crippen molar-refractivity contribution in [1.82, 2.24) is 4.98 Å². The molecule has 0 atom stereocenters. The van der Waals surface area contributed by atoms with Gasteiger partial charge in [-0.25, -0.2) is 0 Å². The van der Waals surface area contributed by atoms with Gasteiger partial charge in [-0.15, -0.1) is 0 Å². The molecule has 100 valence electrons. The Hall–Kier alpha value is -1.74. The number of halogens is 1. The number of aromatic nitrogens is 1. The first-order valence-corrected chi connectivity index (χ1v) is 6.56. The van der Waals surface area contributed by atoms with Crippen LogP contribution in [0.25, 0.3) is 0 Å². The molecule has 0 radical (unpaired) electrons. The molecule has 0 fully saturated rings. The van der Waals surface area contributed by atoms with E-state index in [0.717, 1.165) is 22.1 Å². The molecule has 0 amide bonds. The Bertz CT molecular complexity index is 550. The molecule has 0 bridgehead atoms. The van der Waals surface area contributed by atoms with E-state index >= 15 is 0 Å². The molecular weight excluding hydrogens is 258 g/mol. The van der Waals surface area contributed by atoms with Gasteiger partial charge in [0.2, 0.25) is 0 Å². The fourth-order valence-corrected chi connectivity index (χ4v) is 2.12. The molecule has 1 aromatic carbocycles. The molecule has 1 N–H and O–H groups in total. The molecule has 1 aromatic heterocycles. The lowest BCUT2D eigenvalue weighted by Gasteiger charge is -2.15. The Morgan fingerprint density at radius 2 is 2.00 bits per heavy atom. The number of anilines is 2. The van der Waals surface area contributed by atoms with Crippen molar-refractivity contribution in [2.45, 2.75) is 13.5 Å². The summed E-state index contributed by atoms with van der Waals surface area (Å²) >= 11 is 6.23. The van der Waals surface area contributed by atoms with Crippen LogP contribution < -0.4 is 10.2 Å². The minimum absolute atomic E-state index is 0.692. The van der Waals surface area contributed by atoms with E-state index in [1.807, 2.05) is 56.4 Å². The van der Waals surface area contributed by atoms with E-state index in [1.54, 1.807) is 0 Å². The molecule has 2 aromatic rings. The van der Waals surface area contributed by atoms with Gasteiger partial charge in [-0.05, 0) is 36.8 Å². The smallest absolute Gasteiger partial charge is 0.0659 e. The third-order valence-corrected chi connectivity index (χ3v) is 3.18. The SMILES string of the molecule is Cc1ccc(CNc2ccc(N(C)C)c(Cl)c2)nc1. The molecule has 0 saturated carbocycles. The molecule has 0 aliphatic rings.